The lowest BCUT2D eigenvalue weighted by molar-refractivity contribution is 0.329. The number of nitriles is 2. The summed E-state index contributed by atoms with van der Waals surface area (Å²) < 4.78 is 10.8. The summed E-state index contributed by atoms with van der Waals surface area (Å²) in [6.07, 6.45) is 0. The first kappa shape index (κ1) is 11.4. The number of hydrogen-bond donors (Lipinski definition) is 0. The summed E-state index contributed by atoms with van der Waals surface area (Å²) in [4.78, 5) is 0. The molecule has 0 saturated heterocycles. The van der Waals surface area contributed by atoms with Crippen LogP contribution < -0.4 is 9.47 Å². The van der Waals surface area contributed by atoms with E-state index in [1.165, 1.54) is 7.11 Å². The summed E-state index contributed by atoms with van der Waals surface area (Å²) in [5.74, 6) is 0.870. The number of halogens is 1. The molecule has 0 amide bonds. The molecule has 0 atom stereocenters. The van der Waals surface area contributed by atoms with E-state index in [0.717, 1.165) is 0 Å². The van der Waals surface area contributed by atoms with E-state index in [9.17, 15) is 0 Å². The van der Waals surface area contributed by atoms with Crippen LogP contribution in [0.3, 0.4) is 0 Å². The normalized spacial score (nSPS) is 8.80. The monoisotopic (exact) mass is 266 g/mol. The Hall–Kier alpha value is -1.72. The van der Waals surface area contributed by atoms with E-state index >= 15 is 0 Å². The maximum absolute atomic E-state index is 8.78. The molecule has 0 saturated carbocycles. The second kappa shape index (κ2) is 5.23. The molecule has 4 nitrogen and oxygen atoms in total. The fourth-order valence-electron chi connectivity index (χ4n) is 1.00. The summed E-state index contributed by atoms with van der Waals surface area (Å²) in [6.45, 7) is -0.0608. The SMILES string of the molecule is COc1cc(C#N)c(Br)cc1OCC#N. The minimum absolute atomic E-state index is 0.0608. The Balaban J connectivity index is 3.12. The first-order valence-corrected chi connectivity index (χ1v) is 4.79. The Morgan fingerprint density at radius 3 is 2.60 bits per heavy atom. The van der Waals surface area contributed by atoms with Crippen molar-refractivity contribution >= 4 is 15.9 Å². The lowest BCUT2D eigenvalue weighted by Gasteiger charge is -2.09. The van der Waals surface area contributed by atoms with Crippen LogP contribution in [0.25, 0.3) is 0 Å². The van der Waals surface area contributed by atoms with Crippen LogP contribution >= 0.6 is 15.9 Å². The topological polar surface area (TPSA) is 66.0 Å². The summed E-state index contributed by atoms with van der Waals surface area (Å²) in [6, 6.07) is 7.02. The smallest absolute Gasteiger partial charge is 0.174 e. The third kappa shape index (κ3) is 2.61. The molecular formula is C10H7BrN2O2. The molecule has 0 N–H and O–H groups in total. The summed E-state index contributed by atoms with van der Waals surface area (Å²) in [5, 5.41) is 17.2. The summed E-state index contributed by atoms with van der Waals surface area (Å²) >= 11 is 3.22. The van der Waals surface area contributed by atoms with Gasteiger partial charge < -0.3 is 9.47 Å². The largest absolute Gasteiger partial charge is 0.493 e. The van der Waals surface area contributed by atoms with Crippen LogP contribution in [0.2, 0.25) is 0 Å². The predicted octanol–water partition coefficient (Wildman–Crippen LogP) is 2.23. The van der Waals surface area contributed by atoms with E-state index in [0.29, 0.717) is 21.5 Å². The van der Waals surface area contributed by atoms with Gasteiger partial charge >= 0.3 is 0 Å². The van der Waals surface area contributed by atoms with Gasteiger partial charge in [0.25, 0.3) is 0 Å². The van der Waals surface area contributed by atoms with E-state index in [-0.39, 0.29) is 6.61 Å². The van der Waals surface area contributed by atoms with Crippen LogP contribution in [-0.4, -0.2) is 13.7 Å². The molecule has 0 aliphatic heterocycles. The first-order chi connectivity index (χ1) is 7.22. The van der Waals surface area contributed by atoms with E-state index in [2.05, 4.69) is 15.9 Å². The predicted molar refractivity (Wildman–Crippen MR) is 56.5 cm³/mol. The lowest BCUT2D eigenvalue weighted by atomic mass is 10.2. The van der Waals surface area contributed by atoms with Gasteiger partial charge in [-0.1, -0.05) is 0 Å². The van der Waals surface area contributed by atoms with Gasteiger partial charge in [-0.3, -0.25) is 0 Å². The Bertz CT molecular complexity index is 446. The van der Waals surface area contributed by atoms with Gasteiger partial charge in [0.15, 0.2) is 18.1 Å². The molecule has 0 aliphatic rings. The third-order valence-electron chi connectivity index (χ3n) is 1.67. The van der Waals surface area contributed by atoms with Crippen LogP contribution in [-0.2, 0) is 0 Å². The molecule has 0 fully saturated rings. The quantitative estimate of drug-likeness (QED) is 0.842. The van der Waals surface area contributed by atoms with Crippen LogP contribution in [0.5, 0.6) is 11.5 Å². The van der Waals surface area contributed by atoms with Crippen LogP contribution in [0.1, 0.15) is 5.56 Å². The molecule has 5 heteroatoms. The zero-order chi connectivity index (χ0) is 11.3. The van der Waals surface area contributed by atoms with Crippen molar-refractivity contribution < 1.29 is 9.47 Å². The standard InChI is InChI=1S/C10H7BrN2O2/c1-14-9-4-7(6-13)8(11)5-10(9)15-3-2-12/h4-5H,3H2,1H3. The van der Waals surface area contributed by atoms with E-state index in [1.807, 2.05) is 12.1 Å². The van der Waals surface area contributed by atoms with Crippen molar-refractivity contribution in [3.63, 3.8) is 0 Å². The maximum atomic E-state index is 8.78. The van der Waals surface area contributed by atoms with Crippen molar-refractivity contribution in [3.8, 4) is 23.6 Å². The molecule has 0 aliphatic carbocycles. The van der Waals surface area contributed by atoms with Crippen LogP contribution in [0.4, 0.5) is 0 Å². The van der Waals surface area contributed by atoms with Gasteiger partial charge in [-0.15, -0.1) is 0 Å². The van der Waals surface area contributed by atoms with Gasteiger partial charge in [-0.25, -0.2) is 0 Å². The molecular weight excluding hydrogens is 260 g/mol. The number of nitrogens with zero attached hydrogens (tertiary/aromatic N) is 2. The molecule has 0 heterocycles. The van der Waals surface area contributed by atoms with Crippen LogP contribution in [0, 0.1) is 22.7 Å². The van der Waals surface area contributed by atoms with Crippen LogP contribution in [0.15, 0.2) is 16.6 Å². The highest BCUT2D eigenvalue weighted by Gasteiger charge is 2.09. The fourth-order valence-corrected chi connectivity index (χ4v) is 1.41. The van der Waals surface area contributed by atoms with Gasteiger partial charge in [-0.2, -0.15) is 10.5 Å². The second-order valence-electron chi connectivity index (χ2n) is 2.54. The molecule has 0 radical (unpaired) electrons. The number of rotatable bonds is 3. The van der Waals surface area contributed by atoms with Gasteiger partial charge in [-0.05, 0) is 22.0 Å². The van der Waals surface area contributed by atoms with Gasteiger partial charge in [0.2, 0.25) is 0 Å². The highest BCUT2D eigenvalue weighted by atomic mass is 79.9. The van der Waals surface area contributed by atoms with Crippen molar-refractivity contribution in [3.05, 3.63) is 22.2 Å². The van der Waals surface area contributed by atoms with Crippen molar-refractivity contribution in [2.24, 2.45) is 0 Å². The molecule has 0 unspecified atom stereocenters. The molecule has 76 valence electrons. The number of benzene rings is 1. The van der Waals surface area contributed by atoms with Gasteiger partial charge in [0.1, 0.15) is 12.1 Å². The van der Waals surface area contributed by atoms with E-state index < -0.39 is 0 Å². The van der Waals surface area contributed by atoms with Gasteiger partial charge in [0, 0.05) is 10.5 Å². The molecule has 1 aromatic carbocycles. The van der Waals surface area contributed by atoms with Crippen molar-refractivity contribution in [2.45, 2.75) is 0 Å². The maximum Gasteiger partial charge on any atom is 0.174 e. The highest BCUT2D eigenvalue weighted by molar-refractivity contribution is 9.10. The minimum atomic E-state index is -0.0608. The molecule has 0 spiro atoms. The fraction of sp³-hybridized carbons (Fsp3) is 0.200. The van der Waals surface area contributed by atoms with Crippen molar-refractivity contribution in [1.29, 1.82) is 10.5 Å². The Morgan fingerprint density at radius 1 is 1.33 bits per heavy atom. The highest BCUT2D eigenvalue weighted by Crippen LogP contribution is 2.33. The van der Waals surface area contributed by atoms with Crippen molar-refractivity contribution in [2.75, 3.05) is 13.7 Å². The first-order valence-electron chi connectivity index (χ1n) is 4.00. The Kier molecular flexibility index (Phi) is 3.96. The Morgan fingerprint density at radius 2 is 2.07 bits per heavy atom. The second-order valence-corrected chi connectivity index (χ2v) is 3.40. The summed E-state index contributed by atoms with van der Waals surface area (Å²) in [5.41, 5.74) is 0.455. The molecule has 15 heavy (non-hydrogen) atoms. The molecule has 1 rings (SSSR count). The number of ether oxygens (including phenoxy) is 2. The zero-order valence-electron chi connectivity index (χ0n) is 7.95. The zero-order valence-corrected chi connectivity index (χ0v) is 9.54. The molecule has 0 aromatic heterocycles. The Labute approximate surface area is 95.8 Å². The average Bonchev–Trinajstić information content (AvgIpc) is 2.26. The third-order valence-corrected chi connectivity index (χ3v) is 2.32. The van der Waals surface area contributed by atoms with E-state index in [1.54, 1.807) is 12.1 Å². The van der Waals surface area contributed by atoms with Gasteiger partial charge in [0.05, 0.1) is 12.7 Å². The number of hydrogen-bond acceptors (Lipinski definition) is 4. The minimum Gasteiger partial charge on any atom is -0.493 e. The van der Waals surface area contributed by atoms with E-state index in [4.69, 9.17) is 20.0 Å². The molecule has 1 aromatic rings. The average molecular weight is 267 g/mol. The molecule has 0 bridgehead atoms. The van der Waals surface area contributed by atoms with Crippen molar-refractivity contribution in [1.82, 2.24) is 0 Å². The lowest BCUT2D eigenvalue weighted by Crippen LogP contribution is -1.97. The summed E-state index contributed by atoms with van der Waals surface area (Å²) in [7, 11) is 1.48. The number of methoxy groups -OCH3 is 1.